The second kappa shape index (κ2) is 5.23. The summed E-state index contributed by atoms with van der Waals surface area (Å²) in [5, 5.41) is 7.99. The fourth-order valence-corrected chi connectivity index (χ4v) is 0.360. The quantitative estimate of drug-likeness (QED) is 0.410. The standard InChI is InChI=1S/C6H7NO4/c1-5(11-4-8)6(9)10-3-2-7/h4-5H,3H2,1H3. The van der Waals surface area contributed by atoms with Gasteiger partial charge in [0.05, 0.1) is 0 Å². The topological polar surface area (TPSA) is 76.4 Å². The number of carbonyl (C=O) groups is 2. The third-order valence-electron chi connectivity index (χ3n) is 0.871. The second-order valence-electron chi connectivity index (χ2n) is 1.64. The van der Waals surface area contributed by atoms with E-state index in [1.54, 1.807) is 6.07 Å². The molecule has 0 N–H and O–H groups in total. The predicted molar refractivity (Wildman–Crippen MR) is 33.2 cm³/mol. The van der Waals surface area contributed by atoms with E-state index < -0.39 is 12.1 Å². The summed E-state index contributed by atoms with van der Waals surface area (Å²) in [4.78, 5) is 20.3. The zero-order valence-electron chi connectivity index (χ0n) is 5.94. The van der Waals surface area contributed by atoms with Crippen LogP contribution in [0.4, 0.5) is 0 Å². The first-order chi connectivity index (χ1) is 5.22. The molecule has 0 fully saturated rings. The first kappa shape index (κ1) is 9.43. The normalized spacial score (nSPS) is 10.9. The van der Waals surface area contributed by atoms with Crippen molar-refractivity contribution in [3.63, 3.8) is 0 Å². The van der Waals surface area contributed by atoms with Crippen LogP contribution >= 0.6 is 0 Å². The van der Waals surface area contributed by atoms with Crippen molar-refractivity contribution in [3.05, 3.63) is 0 Å². The molecule has 5 heteroatoms. The number of ether oxygens (including phenoxy) is 2. The molecule has 11 heavy (non-hydrogen) atoms. The van der Waals surface area contributed by atoms with Gasteiger partial charge in [-0.25, -0.2) is 4.79 Å². The van der Waals surface area contributed by atoms with E-state index >= 15 is 0 Å². The molecule has 0 rings (SSSR count). The maximum Gasteiger partial charge on any atom is 0.348 e. The van der Waals surface area contributed by atoms with Gasteiger partial charge in [-0.2, -0.15) is 5.26 Å². The molecule has 0 aliphatic carbocycles. The summed E-state index contributed by atoms with van der Waals surface area (Å²) in [6.07, 6.45) is -0.944. The van der Waals surface area contributed by atoms with Crippen LogP contribution in [-0.2, 0) is 19.1 Å². The van der Waals surface area contributed by atoms with Gasteiger partial charge in [0.15, 0.2) is 12.7 Å². The number of esters is 1. The lowest BCUT2D eigenvalue weighted by molar-refractivity contribution is -0.159. The highest BCUT2D eigenvalue weighted by Gasteiger charge is 2.14. The van der Waals surface area contributed by atoms with Gasteiger partial charge in [-0.15, -0.1) is 0 Å². The molecule has 0 aliphatic heterocycles. The predicted octanol–water partition coefficient (Wildman–Crippen LogP) is -0.385. The van der Waals surface area contributed by atoms with Crippen LogP contribution < -0.4 is 0 Å². The van der Waals surface area contributed by atoms with Crippen LogP contribution in [0, 0.1) is 11.3 Å². The first-order valence-corrected chi connectivity index (χ1v) is 2.85. The summed E-state index contributed by atoms with van der Waals surface area (Å²) in [5.41, 5.74) is 0. The molecule has 60 valence electrons. The van der Waals surface area contributed by atoms with Gasteiger partial charge in [-0.3, -0.25) is 4.79 Å². The zero-order chi connectivity index (χ0) is 8.69. The highest BCUT2D eigenvalue weighted by Crippen LogP contribution is 1.91. The van der Waals surface area contributed by atoms with E-state index in [2.05, 4.69) is 9.47 Å². The van der Waals surface area contributed by atoms with Gasteiger partial charge >= 0.3 is 5.97 Å². The monoisotopic (exact) mass is 157 g/mol. The number of rotatable bonds is 4. The third kappa shape index (κ3) is 3.92. The Morgan fingerprint density at radius 3 is 2.91 bits per heavy atom. The van der Waals surface area contributed by atoms with Crippen molar-refractivity contribution >= 4 is 12.4 Å². The summed E-state index contributed by atoms with van der Waals surface area (Å²) >= 11 is 0. The average Bonchev–Trinajstić information content (AvgIpc) is 2.00. The van der Waals surface area contributed by atoms with Crippen LogP contribution in [0.5, 0.6) is 0 Å². The van der Waals surface area contributed by atoms with Gasteiger partial charge in [-0.05, 0) is 6.92 Å². The van der Waals surface area contributed by atoms with Crippen molar-refractivity contribution in [2.75, 3.05) is 6.61 Å². The summed E-state index contributed by atoms with van der Waals surface area (Å²) in [6, 6.07) is 1.61. The lowest BCUT2D eigenvalue weighted by Crippen LogP contribution is -2.22. The maximum atomic E-state index is 10.6. The van der Waals surface area contributed by atoms with Gasteiger partial charge in [-0.1, -0.05) is 0 Å². The molecule has 1 atom stereocenters. The smallest absolute Gasteiger partial charge is 0.348 e. The molecule has 0 spiro atoms. The minimum Gasteiger partial charge on any atom is -0.453 e. The molecule has 0 radical (unpaired) electrons. The van der Waals surface area contributed by atoms with Crippen molar-refractivity contribution in [2.24, 2.45) is 0 Å². The summed E-state index contributed by atoms with van der Waals surface area (Å²) < 4.78 is 8.56. The highest BCUT2D eigenvalue weighted by molar-refractivity contribution is 5.75. The van der Waals surface area contributed by atoms with Crippen LogP contribution in [0.25, 0.3) is 0 Å². The minimum atomic E-state index is -0.944. The molecule has 1 unspecified atom stereocenters. The number of hydrogen-bond donors (Lipinski definition) is 0. The first-order valence-electron chi connectivity index (χ1n) is 2.85. The number of nitriles is 1. The molecular formula is C6H7NO4. The van der Waals surface area contributed by atoms with E-state index in [-0.39, 0.29) is 13.1 Å². The Kier molecular flexibility index (Phi) is 4.49. The van der Waals surface area contributed by atoms with E-state index in [1.807, 2.05) is 0 Å². The summed E-state index contributed by atoms with van der Waals surface area (Å²) in [7, 11) is 0. The van der Waals surface area contributed by atoms with Gasteiger partial charge in [0.2, 0.25) is 0 Å². The maximum absolute atomic E-state index is 10.6. The van der Waals surface area contributed by atoms with Gasteiger partial charge in [0.25, 0.3) is 6.47 Å². The Hall–Kier alpha value is -1.57. The molecule has 0 bridgehead atoms. The molecule has 0 amide bonds. The largest absolute Gasteiger partial charge is 0.453 e. The Morgan fingerprint density at radius 1 is 1.82 bits per heavy atom. The van der Waals surface area contributed by atoms with Gasteiger partial charge in [0.1, 0.15) is 6.07 Å². The average molecular weight is 157 g/mol. The molecule has 0 heterocycles. The van der Waals surface area contributed by atoms with E-state index in [0.29, 0.717) is 0 Å². The summed E-state index contributed by atoms with van der Waals surface area (Å²) in [5.74, 6) is -0.723. The molecule has 0 aromatic rings. The molecule has 0 aliphatic rings. The minimum absolute atomic E-state index is 0.151. The molecular weight excluding hydrogens is 150 g/mol. The van der Waals surface area contributed by atoms with Crippen LogP contribution in [0.1, 0.15) is 6.92 Å². The summed E-state index contributed by atoms with van der Waals surface area (Å²) in [6.45, 7) is 1.18. The Balaban J connectivity index is 3.65. The molecule has 0 aromatic heterocycles. The SMILES string of the molecule is CC(OC=O)C(=O)OCC#N. The molecule has 0 saturated heterocycles. The Labute approximate surface area is 63.5 Å². The second-order valence-corrected chi connectivity index (χ2v) is 1.64. The van der Waals surface area contributed by atoms with E-state index in [0.717, 1.165) is 0 Å². The van der Waals surface area contributed by atoms with Crippen molar-refractivity contribution in [2.45, 2.75) is 13.0 Å². The number of nitrogens with zero attached hydrogens (tertiary/aromatic N) is 1. The van der Waals surface area contributed by atoms with Crippen LogP contribution in [-0.4, -0.2) is 25.2 Å². The Morgan fingerprint density at radius 2 is 2.45 bits per heavy atom. The van der Waals surface area contributed by atoms with Crippen LogP contribution in [0.15, 0.2) is 0 Å². The lowest BCUT2D eigenvalue weighted by Gasteiger charge is -2.05. The van der Waals surface area contributed by atoms with E-state index in [4.69, 9.17) is 5.26 Å². The van der Waals surface area contributed by atoms with Crippen molar-refractivity contribution in [1.82, 2.24) is 0 Å². The lowest BCUT2D eigenvalue weighted by atomic mass is 10.4. The van der Waals surface area contributed by atoms with E-state index in [9.17, 15) is 9.59 Å². The highest BCUT2D eigenvalue weighted by atomic mass is 16.6. The fraction of sp³-hybridized carbons (Fsp3) is 0.500. The van der Waals surface area contributed by atoms with Crippen LogP contribution in [0.3, 0.4) is 0 Å². The zero-order valence-corrected chi connectivity index (χ0v) is 5.94. The van der Waals surface area contributed by atoms with E-state index in [1.165, 1.54) is 6.92 Å². The van der Waals surface area contributed by atoms with Crippen molar-refractivity contribution in [3.8, 4) is 6.07 Å². The molecule has 5 nitrogen and oxygen atoms in total. The fourth-order valence-electron chi connectivity index (χ4n) is 0.360. The Bertz CT molecular complexity index is 184. The van der Waals surface area contributed by atoms with Crippen molar-refractivity contribution < 1.29 is 19.1 Å². The molecule has 0 saturated carbocycles. The van der Waals surface area contributed by atoms with Crippen LogP contribution in [0.2, 0.25) is 0 Å². The third-order valence-corrected chi connectivity index (χ3v) is 0.871. The van der Waals surface area contributed by atoms with Gasteiger partial charge < -0.3 is 9.47 Å². The number of carbonyl (C=O) groups excluding carboxylic acids is 2. The number of hydrogen-bond acceptors (Lipinski definition) is 5. The van der Waals surface area contributed by atoms with Crippen molar-refractivity contribution in [1.29, 1.82) is 5.26 Å². The van der Waals surface area contributed by atoms with Gasteiger partial charge in [0, 0.05) is 0 Å². The molecule has 0 aromatic carbocycles.